The highest BCUT2D eigenvalue weighted by Gasteiger charge is 2.09. The van der Waals surface area contributed by atoms with Gasteiger partial charge in [0.25, 0.3) is 0 Å². The van der Waals surface area contributed by atoms with Crippen molar-refractivity contribution in [3.05, 3.63) is 58.1 Å². The van der Waals surface area contributed by atoms with Crippen LogP contribution in [0.4, 0.5) is 0 Å². The normalized spacial score (nSPS) is 12.2. The van der Waals surface area contributed by atoms with Crippen LogP contribution in [0.3, 0.4) is 0 Å². The molecule has 0 radical (unpaired) electrons. The van der Waals surface area contributed by atoms with Gasteiger partial charge in [0.05, 0.1) is 0 Å². The van der Waals surface area contributed by atoms with Gasteiger partial charge in [-0.2, -0.15) is 0 Å². The molecule has 0 fully saturated rings. The Balaban J connectivity index is 2.24. The lowest BCUT2D eigenvalue weighted by atomic mass is 10.0. The maximum absolute atomic E-state index is 6.06. The van der Waals surface area contributed by atoms with Crippen LogP contribution in [0.25, 0.3) is 0 Å². The Morgan fingerprint density at radius 3 is 2.60 bits per heavy atom. The summed E-state index contributed by atoms with van der Waals surface area (Å²) in [4.78, 5) is 0. The summed E-state index contributed by atoms with van der Waals surface area (Å²) in [6.45, 7) is 4.15. The molecule has 3 heteroatoms. The van der Waals surface area contributed by atoms with Crippen LogP contribution in [0.2, 0.25) is 0 Å². The van der Waals surface area contributed by atoms with Crippen LogP contribution < -0.4 is 10.5 Å². The fourth-order valence-electron chi connectivity index (χ4n) is 2.04. The number of aryl methyl sites for hydroxylation is 1. The second kappa shape index (κ2) is 6.91. The van der Waals surface area contributed by atoms with Crippen LogP contribution in [0, 0.1) is 6.92 Å². The Kier molecular flexibility index (Phi) is 5.21. The molecule has 0 aliphatic carbocycles. The fourth-order valence-corrected chi connectivity index (χ4v) is 2.52. The minimum Gasteiger partial charge on any atom is -0.457 e. The molecule has 0 heterocycles. The van der Waals surface area contributed by atoms with Crippen LogP contribution in [0.15, 0.2) is 46.9 Å². The third-order valence-corrected chi connectivity index (χ3v) is 3.83. The van der Waals surface area contributed by atoms with E-state index in [2.05, 4.69) is 35.0 Å². The molecular formula is C17H20BrNO. The highest BCUT2D eigenvalue weighted by molar-refractivity contribution is 9.10. The van der Waals surface area contributed by atoms with E-state index in [0.29, 0.717) is 0 Å². The molecular weight excluding hydrogens is 314 g/mol. The van der Waals surface area contributed by atoms with Crippen molar-refractivity contribution in [1.29, 1.82) is 0 Å². The van der Waals surface area contributed by atoms with Gasteiger partial charge >= 0.3 is 0 Å². The van der Waals surface area contributed by atoms with E-state index >= 15 is 0 Å². The molecule has 0 amide bonds. The first kappa shape index (κ1) is 15.1. The average Bonchev–Trinajstić information content (AvgIpc) is 2.43. The van der Waals surface area contributed by atoms with Crippen molar-refractivity contribution in [1.82, 2.24) is 0 Å². The lowest BCUT2D eigenvalue weighted by Crippen LogP contribution is -2.21. The predicted molar refractivity (Wildman–Crippen MR) is 87.4 cm³/mol. The van der Waals surface area contributed by atoms with Gasteiger partial charge in [0.15, 0.2) is 0 Å². The van der Waals surface area contributed by atoms with Crippen molar-refractivity contribution in [2.24, 2.45) is 5.73 Å². The molecule has 0 saturated heterocycles. The molecule has 20 heavy (non-hydrogen) atoms. The monoisotopic (exact) mass is 333 g/mol. The van der Waals surface area contributed by atoms with Gasteiger partial charge in [0.1, 0.15) is 11.5 Å². The smallest absolute Gasteiger partial charge is 0.130 e. The number of rotatable bonds is 5. The van der Waals surface area contributed by atoms with Crippen molar-refractivity contribution in [2.45, 2.75) is 32.7 Å². The van der Waals surface area contributed by atoms with Crippen molar-refractivity contribution in [3.63, 3.8) is 0 Å². The largest absolute Gasteiger partial charge is 0.457 e. The van der Waals surface area contributed by atoms with Gasteiger partial charge < -0.3 is 10.5 Å². The summed E-state index contributed by atoms with van der Waals surface area (Å²) < 4.78 is 7.12. The first-order valence-corrected chi connectivity index (χ1v) is 7.67. The molecule has 0 aliphatic heterocycles. The second-order valence-corrected chi connectivity index (χ2v) is 5.91. The fraction of sp³-hybridized carbons (Fsp3) is 0.294. The Hall–Kier alpha value is -1.32. The van der Waals surface area contributed by atoms with Gasteiger partial charge in [-0.05, 0) is 55.2 Å². The molecule has 0 aliphatic rings. The van der Waals surface area contributed by atoms with Gasteiger partial charge in [0, 0.05) is 10.5 Å². The van der Waals surface area contributed by atoms with E-state index in [-0.39, 0.29) is 6.04 Å². The molecule has 2 aromatic carbocycles. The van der Waals surface area contributed by atoms with Gasteiger partial charge in [-0.3, -0.25) is 0 Å². The van der Waals surface area contributed by atoms with Crippen LogP contribution in [-0.2, 0) is 6.42 Å². The first-order valence-electron chi connectivity index (χ1n) is 6.87. The van der Waals surface area contributed by atoms with Gasteiger partial charge in [-0.25, -0.2) is 0 Å². The standard InChI is InChI=1S/C17H20BrNO/c1-3-15(19)11-13-6-4-5-7-17(13)20-16-9-8-14(18)10-12(16)2/h4-10,15H,3,11,19H2,1-2H3. The van der Waals surface area contributed by atoms with Gasteiger partial charge in [0.2, 0.25) is 0 Å². The van der Waals surface area contributed by atoms with E-state index in [4.69, 9.17) is 10.5 Å². The average molecular weight is 334 g/mol. The summed E-state index contributed by atoms with van der Waals surface area (Å²) in [5.41, 5.74) is 8.32. The SMILES string of the molecule is CCC(N)Cc1ccccc1Oc1ccc(Br)cc1C. The first-order chi connectivity index (χ1) is 9.60. The summed E-state index contributed by atoms with van der Waals surface area (Å²) in [5.74, 6) is 1.77. The summed E-state index contributed by atoms with van der Waals surface area (Å²) >= 11 is 3.47. The van der Waals surface area contributed by atoms with Gasteiger partial charge in [-0.1, -0.05) is 41.1 Å². The number of ether oxygens (including phenoxy) is 1. The molecule has 0 aromatic heterocycles. The maximum atomic E-state index is 6.06. The molecule has 0 saturated carbocycles. The molecule has 1 atom stereocenters. The van der Waals surface area contributed by atoms with Gasteiger partial charge in [-0.15, -0.1) is 0 Å². The molecule has 2 rings (SSSR count). The molecule has 0 bridgehead atoms. The van der Waals surface area contributed by atoms with Crippen molar-refractivity contribution >= 4 is 15.9 Å². The van der Waals surface area contributed by atoms with E-state index in [1.165, 1.54) is 0 Å². The molecule has 2 nitrogen and oxygen atoms in total. The zero-order chi connectivity index (χ0) is 14.5. The summed E-state index contributed by atoms with van der Waals surface area (Å²) in [6, 6.07) is 14.3. The number of hydrogen-bond acceptors (Lipinski definition) is 2. The summed E-state index contributed by atoms with van der Waals surface area (Å²) in [5, 5.41) is 0. The zero-order valence-corrected chi connectivity index (χ0v) is 13.5. The summed E-state index contributed by atoms with van der Waals surface area (Å²) in [7, 11) is 0. The van der Waals surface area contributed by atoms with Crippen LogP contribution in [-0.4, -0.2) is 6.04 Å². The summed E-state index contributed by atoms with van der Waals surface area (Å²) in [6.07, 6.45) is 1.80. The molecule has 106 valence electrons. The number of halogens is 1. The Labute approximate surface area is 129 Å². The lowest BCUT2D eigenvalue weighted by molar-refractivity contribution is 0.468. The van der Waals surface area contributed by atoms with Crippen molar-refractivity contribution in [2.75, 3.05) is 0 Å². The molecule has 0 spiro atoms. The Morgan fingerprint density at radius 1 is 1.15 bits per heavy atom. The van der Waals surface area contributed by atoms with E-state index in [9.17, 15) is 0 Å². The third kappa shape index (κ3) is 3.84. The minimum absolute atomic E-state index is 0.172. The highest BCUT2D eigenvalue weighted by atomic mass is 79.9. The van der Waals surface area contributed by atoms with Crippen molar-refractivity contribution in [3.8, 4) is 11.5 Å². The zero-order valence-electron chi connectivity index (χ0n) is 11.9. The molecule has 2 N–H and O–H groups in total. The number of hydrogen-bond donors (Lipinski definition) is 1. The molecule has 1 unspecified atom stereocenters. The van der Waals surface area contributed by atoms with E-state index in [0.717, 1.165) is 39.9 Å². The Bertz CT molecular complexity index is 583. The highest BCUT2D eigenvalue weighted by Crippen LogP contribution is 2.30. The van der Waals surface area contributed by atoms with Crippen LogP contribution >= 0.6 is 15.9 Å². The minimum atomic E-state index is 0.172. The topological polar surface area (TPSA) is 35.2 Å². The third-order valence-electron chi connectivity index (χ3n) is 3.34. The predicted octanol–water partition coefficient (Wildman–Crippen LogP) is 4.83. The quantitative estimate of drug-likeness (QED) is 0.850. The number of benzene rings is 2. The van der Waals surface area contributed by atoms with Crippen LogP contribution in [0.1, 0.15) is 24.5 Å². The van der Waals surface area contributed by atoms with E-state index in [1.807, 2.05) is 37.3 Å². The lowest BCUT2D eigenvalue weighted by Gasteiger charge is -2.15. The Morgan fingerprint density at radius 2 is 1.90 bits per heavy atom. The number of para-hydroxylation sites is 1. The second-order valence-electron chi connectivity index (χ2n) is 4.99. The van der Waals surface area contributed by atoms with E-state index < -0.39 is 0 Å². The maximum Gasteiger partial charge on any atom is 0.130 e. The molecule has 2 aromatic rings. The van der Waals surface area contributed by atoms with E-state index in [1.54, 1.807) is 0 Å². The van der Waals surface area contributed by atoms with Crippen LogP contribution in [0.5, 0.6) is 11.5 Å². The number of nitrogens with two attached hydrogens (primary N) is 1. The van der Waals surface area contributed by atoms with Crippen molar-refractivity contribution < 1.29 is 4.74 Å².